The largest absolute Gasteiger partial charge is 0.495 e. The highest BCUT2D eigenvalue weighted by Gasteiger charge is 2.62. The molecule has 0 spiro atoms. The maximum absolute atomic E-state index is 13.8. The van der Waals surface area contributed by atoms with E-state index in [0.29, 0.717) is 52.2 Å². The molecule has 2 aromatic rings. The average Bonchev–Trinajstić information content (AvgIpc) is 3.90. The van der Waals surface area contributed by atoms with E-state index >= 15 is 0 Å². The summed E-state index contributed by atoms with van der Waals surface area (Å²) >= 11 is 3.54. The molecule has 2 aliphatic carbocycles. The smallest absolute Gasteiger partial charge is 0.410 e. The maximum atomic E-state index is 13.8. The van der Waals surface area contributed by atoms with E-state index in [1.54, 1.807) is 39.2 Å². The normalized spacial score (nSPS) is 24.2. The second kappa shape index (κ2) is 12.7. The van der Waals surface area contributed by atoms with Crippen LogP contribution in [0.4, 0.5) is 4.79 Å². The van der Waals surface area contributed by atoms with Crippen molar-refractivity contribution in [1.29, 1.82) is 0 Å². The van der Waals surface area contributed by atoms with Gasteiger partial charge in [0.1, 0.15) is 29.2 Å². The minimum absolute atomic E-state index is 0.00882. The molecule has 2 N–H and O–H groups in total. The second-order valence-electron chi connectivity index (χ2n) is 11.6. The fourth-order valence-corrected chi connectivity index (χ4v) is 7.42. The van der Waals surface area contributed by atoms with Crippen LogP contribution >= 0.6 is 15.9 Å². The zero-order valence-corrected chi connectivity index (χ0v) is 27.9. The van der Waals surface area contributed by atoms with Crippen molar-refractivity contribution in [3.05, 3.63) is 35.3 Å². The Balaban J connectivity index is 1.41. The number of pyridine rings is 1. The van der Waals surface area contributed by atoms with Crippen LogP contribution in [0.5, 0.6) is 17.4 Å². The molecule has 4 atom stereocenters. The van der Waals surface area contributed by atoms with Crippen molar-refractivity contribution in [2.24, 2.45) is 5.92 Å². The van der Waals surface area contributed by atoms with Crippen LogP contribution in [0.1, 0.15) is 46.5 Å². The zero-order valence-electron chi connectivity index (χ0n) is 25.5. The van der Waals surface area contributed by atoms with Crippen molar-refractivity contribution < 1.29 is 41.7 Å². The van der Waals surface area contributed by atoms with Gasteiger partial charge in [0.05, 0.1) is 41.6 Å². The van der Waals surface area contributed by atoms with Gasteiger partial charge in [-0.2, -0.15) is 0 Å². The zero-order chi connectivity index (χ0) is 32.7. The van der Waals surface area contributed by atoms with E-state index in [9.17, 15) is 22.8 Å². The van der Waals surface area contributed by atoms with E-state index in [-0.39, 0.29) is 19.4 Å². The number of sulfonamides is 1. The first-order chi connectivity index (χ1) is 21.3. The number of nitrogens with zero attached hydrogens (tertiary/aromatic N) is 2. The van der Waals surface area contributed by atoms with E-state index in [0.717, 1.165) is 0 Å². The van der Waals surface area contributed by atoms with E-state index in [1.165, 1.54) is 11.0 Å². The molecule has 0 radical (unpaired) electrons. The number of nitrogens with one attached hydrogen (secondary N) is 2. The predicted octanol–water partition coefficient (Wildman–Crippen LogP) is 3.44. The van der Waals surface area contributed by atoms with Crippen LogP contribution < -0.4 is 24.2 Å². The lowest BCUT2D eigenvalue weighted by Crippen LogP contribution is -2.56. The molecular formula is C30H37BrN4O9S. The van der Waals surface area contributed by atoms with Gasteiger partial charge in [0, 0.05) is 23.8 Å². The van der Waals surface area contributed by atoms with Gasteiger partial charge in [0.15, 0.2) is 0 Å². The summed E-state index contributed by atoms with van der Waals surface area (Å²) in [7, 11) is -2.30. The molecule has 1 unspecified atom stereocenters. The Labute approximate surface area is 270 Å². The summed E-state index contributed by atoms with van der Waals surface area (Å²) in [5.74, 6) is -0.623. The number of fused-ring (bicyclic) bond motifs is 1. The summed E-state index contributed by atoms with van der Waals surface area (Å²) in [6, 6.07) is 4.14. The van der Waals surface area contributed by atoms with Crippen LogP contribution in [0.25, 0.3) is 10.9 Å². The number of carbonyl (C=O) groups is 3. The van der Waals surface area contributed by atoms with E-state index in [2.05, 4.69) is 37.5 Å². The first-order valence-electron chi connectivity index (χ1n) is 14.8. The number of likely N-dealkylation sites (tertiary alicyclic amines) is 1. The molecule has 2 saturated carbocycles. The first-order valence-corrected chi connectivity index (χ1v) is 17.1. The number of carbonyl (C=O) groups excluding carboxylic acids is 3. The van der Waals surface area contributed by atoms with Crippen LogP contribution in [0.2, 0.25) is 0 Å². The van der Waals surface area contributed by atoms with Gasteiger partial charge in [-0.3, -0.25) is 19.2 Å². The molecule has 3 aliphatic rings. The molecule has 1 aromatic heterocycles. The Morgan fingerprint density at radius 3 is 2.58 bits per heavy atom. The van der Waals surface area contributed by atoms with Crippen molar-refractivity contribution in [1.82, 2.24) is 19.9 Å². The molecule has 1 aliphatic heterocycles. The second-order valence-corrected chi connectivity index (χ2v) is 14.4. The van der Waals surface area contributed by atoms with Gasteiger partial charge < -0.3 is 24.3 Å². The molecule has 3 fully saturated rings. The van der Waals surface area contributed by atoms with Crippen molar-refractivity contribution in [3.8, 4) is 17.4 Å². The number of hydrogen-bond donors (Lipinski definition) is 2. The number of benzene rings is 1. The Morgan fingerprint density at radius 2 is 1.98 bits per heavy atom. The Bertz CT molecular complexity index is 1630. The van der Waals surface area contributed by atoms with Gasteiger partial charge in [-0.25, -0.2) is 18.2 Å². The summed E-state index contributed by atoms with van der Waals surface area (Å²) in [5, 5.41) is 2.78. The lowest BCUT2D eigenvalue weighted by atomic mass is 10.1. The van der Waals surface area contributed by atoms with Gasteiger partial charge in [0.2, 0.25) is 21.8 Å². The summed E-state index contributed by atoms with van der Waals surface area (Å²) in [5.41, 5.74) is -0.955. The van der Waals surface area contributed by atoms with Crippen molar-refractivity contribution in [2.75, 3.05) is 20.3 Å². The third kappa shape index (κ3) is 6.69. The number of hydrogen-bond acceptors (Lipinski definition) is 10. The number of halogens is 1. The molecule has 3 amide bonds. The molecule has 15 heteroatoms. The maximum Gasteiger partial charge on any atom is 0.410 e. The standard InChI is InChI=1S/C30H37BrN4O9S/c1-6-17-14-30(17,28(37)34-45(39,40)19-8-9-19)33-27(36)21-12-18(15-35(21)29(38)43-16(3)4)44-23-13-24(42-7-2)32-26-20(23)10-11-22(41-5)25(26)31/h6,10-11,13,16-19,21H,1,7-9,12,14-15H2,2-5H3,(H,33,36)(H,34,37)/t17?,18-,21+,30-/m1/s1. The van der Waals surface area contributed by atoms with Crippen molar-refractivity contribution in [3.63, 3.8) is 0 Å². The third-order valence-corrected chi connectivity index (χ3v) is 10.6. The third-order valence-electron chi connectivity index (χ3n) is 8.01. The lowest BCUT2D eigenvalue weighted by molar-refractivity contribution is -0.131. The van der Waals surface area contributed by atoms with Gasteiger partial charge in [-0.05, 0) is 68.1 Å². The van der Waals surface area contributed by atoms with Crippen LogP contribution in [0.3, 0.4) is 0 Å². The van der Waals surface area contributed by atoms with Gasteiger partial charge >= 0.3 is 6.09 Å². The fraction of sp³-hybridized carbons (Fsp3) is 0.533. The Kier molecular flexibility index (Phi) is 9.23. The van der Waals surface area contributed by atoms with Crippen LogP contribution in [0, 0.1) is 5.92 Å². The highest BCUT2D eigenvalue weighted by molar-refractivity contribution is 9.10. The number of amides is 3. The molecule has 2 heterocycles. The van der Waals surface area contributed by atoms with Crippen molar-refractivity contribution in [2.45, 2.75) is 75.5 Å². The van der Waals surface area contributed by atoms with Gasteiger partial charge in [0.25, 0.3) is 5.91 Å². The number of rotatable bonds is 12. The highest BCUT2D eigenvalue weighted by atomic mass is 79.9. The SMILES string of the molecule is C=CC1C[C@]1(NC(=O)[C@@H]1C[C@@H](Oc2cc(OCC)nc3c(Br)c(OC)ccc23)CN1C(=O)OC(C)C)C(=O)NS(=O)(=O)C1CC1. The minimum atomic E-state index is -3.85. The Hall–Kier alpha value is -3.59. The lowest BCUT2D eigenvalue weighted by Gasteiger charge is -2.26. The van der Waals surface area contributed by atoms with Gasteiger partial charge in [-0.1, -0.05) is 6.08 Å². The summed E-state index contributed by atoms with van der Waals surface area (Å²) < 4.78 is 50.7. The summed E-state index contributed by atoms with van der Waals surface area (Å²) in [6.07, 6.45) is 0.885. The molecule has 244 valence electrons. The van der Waals surface area contributed by atoms with Crippen LogP contribution in [-0.4, -0.2) is 85.5 Å². The molecule has 13 nitrogen and oxygen atoms in total. The monoisotopic (exact) mass is 708 g/mol. The van der Waals surface area contributed by atoms with Crippen LogP contribution in [-0.2, 0) is 24.3 Å². The summed E-state index contributed by atoms with van der Waals surface area (Å²) in [4.78, 5) is 46.1. The van der Waals surface area contributed by atoms with E-state index in [1.807, 2.05) is 6.92 Å². The van der Waals surface area contributed by atoms with Crippen molar-refractivity contribution >= 4 is 54.8 Å². The number of methoxy groups -OCH3 is 1. The number of aromatic nitrogens is 1. The van der Waals surface area contributed by atoms with Crippen LogP contribution in [0.15, 0.2) is 35.3 Å². The topological polar surface area (TPSA) is 162 Å². The van der Waals surface area contributed by atoms with E-state index < -0.39 is 62.9 Å². The van der Waals surface area contributed by atoms with E-state index in [4.69, 9.17) is 18.9 Å². The molecule has 1 aromatic carbocycles. The minimum Gasteiger partial charge on any atom is -0.495 e. The quantitative estimate of drug-likeness (QED) is 0.313. The summed E-state index contributed by atoms with van der Waals surface area (Å²) in [6.45, 7) is 9.33. The Morgan fingerprint density at radius 1 is 1.24 bits per heavy atom. The molecule has 1 saturated heterocycles. The molecule has 0 bridgehead atoms. The first kappa shape index (κ1) is 32.8. The van der Waals surface area contributed by atoms with Gasteiger partial charge in [-0.15, -0.1) is 6.58 Å². The molecular weight excluding hydrogens is 672 g/mol. The average molecular weight is 710 g/mol. The molecule has 5 rings (SSSR count). The number of ether oxygens (including phenoxy) is 4. The molecule has 45 heavy (non-hydrogen) atoms. The highest BCUT2D eigenvalue weighted by Crippen LogP contribution is 2.46. The predicted molar refractivity (Wildman–Crippen MR) is 168 cm³/mol. The fourth-order valence-electron chi connectivity index (χ4n) is 5.46.